The van der Waals surface area contributed by atoms with Gasteiger partial charge in [0.15, 0.2) is 11.5 Å². The first-order valence-corrected chi connectivity index (χ1v) is 8.60. The molecule has 0 spiro atoms. The van der Waals surface area contributed by atoms with Gasteiger partial charge in [0.2, 0.25) is 5.91 Å². The number of carbonyl (C=O) groups is 1. The van der Waals surface area contributed by atoms with Crippen molar-refractivity contribution in [3.05, 3.63) is 46.2 Å². The van der Waals surface area contributed by atoms with Crippen LogP contribution in [0.3, 0.4) is 0 Å². The van der Waals surface area contributed by atoms with Gasteiger partial charge in [0.05, 0.1) is 26.7 Å². The quantitative estimate of drug-likeness (QED) is 0.797. The molecule has 1 heterocycles. The Morgan fingerprint density at radius 3 is 2.54 bits per heavy atom. The third kappa shape index (κ3) is 4.72. The van der Waals surface area contributed by atoms with Crippen LogP contribution in [0.5, 0.6) is 11.5 Å². The highest BCUT2D eigenvalue weighted by molar-refractivity contribution is 7.10. The number of likely N-dealkylation sites (N-methyl/N-ethyl adjacent to an activating group) is 1. The minimum Gasteiger partial charge on any atom is -0.493 e. The predicted molar refractivity (Wildman–Crippen MR) is 97.0 cm³/mol. The summed E-state index contributed by atoms with van der Waals surface area (Å²) in [4.78, 5) is 15.3. The fourth-order valence-electron chi connectivity index (χ4n) is 2.50. The third-order valence-corrected chi connectivity index (χ3v) is 4.70. The lowest BCUT2D eigenvalue weighted by Crippen LogP contribution is -2.35. The number of carbonyl (C=O) groups excluding carboxylic acids is 1. The van der Waals surface area contributed by atoms with Gasteiger partial charge < -0.3 is 19.7 Å². The standard InChI is InChI=1S/C18H24N2O3S/c1-20(2)15(12-19-18(21)11-14-6-5-9-24-14)13-7-8-16(22-3)17(10-13)23-4/h5-10,15H,11-12H2,1-4H3,(H,19,21). The molecular formula is C18H24N2O3S. The molecule has 2 aromatic rings. The van der Waals surface area contributed by atoms with E-state index in [1.807, 2.05) is 49.8 Å². The summed E-state index contributed by atoms with van der Waals surface area (Å²) in [5.74, 6) is 1.41. The highest BCUT2D eigenvalue weighted by Crippen LogP contribution is 2.31. The summed E-state index contributed by atoms with van der Waals surface area (Å²) in [5.41, 5.74) is 1.06. The zero-order chi connectivity index (χ0) is 17.5. The van der Waals surface area contributed by atoms with E-state index >= 15 is 0 Å². The lowest BCUT2D eigenvalue weighted by atomic mass is 10.0. The highest BCUT2D eigenvalue weighted by Gasteiger charge is 2.17. The Morgan fingerprint density at radius 1 is 1.21 bits per heavy atom. The van der Waals surface area contributed by atoms with E-state index in [1.165, 1.54) is 0 Å². The normalized spacial score (nSPS) is 12.0. The molecule has 2 rings (SSSR count). The zero-order valence-electron chi connectivity index (χ0n) is 14.5. The summed E-state index contributed by atoms with van der Waals surface area (Å²) >= 11 is 1.60. The number of nitrogens with zero attached hydrogens (tertiary/aromatic N) is 1. The van der Waals surface area contributed by atoms with Gasteiger partial charge >= 0.3 is 0 Å². The molecule has 1 atom stereocenters. The van der Waals surface area contributed by atoms with Crippen LogP contribution in [-0.4, -0.2) is 45.7 Å². The third-order valence-electron chi connectivity index (χ3n) is 3.82. The average molecular weight is 348 g/mol. The van der Waals surface area contributed by atoms with Crippen molar-refractivity contribution < 1.29 is 14.3 Å². The van der Waals surface area contributed by atoms with Gasteiger partial charge in [-0.15, -0.1) is 11.3 Å². The molecule has 1 aromatic carbocycles. The number of rotatable bonds is 8. The fourth-order valence-corrected chi connectivity index (χ4v) is 3.21. The van der Waals surface area contributed by atoms with Gasteiger partial charge in [0.1, 0.15) is 0 Å². The van der Waals surface area contributed by atoms with E-state index in [-0.39, 0.29) is 11.9 Å². The van der Waals surface area contributed by atoms with E-state index < -0.39 is 0 Å². The summed E-state index contributed by atoms with van der Waals surface area (Å²) in [6.45, 7) is 0.534. The van der Waals surface area contributed by atoms with Crippen LogP contribution in [0.2, 0.25) is 0 Å². The van der Waals surface area contributed by atoms with Crippen molar-refractivity contribution in [2.75, 3.05) is 34.9 Å². The number of ether oxygens (including phenoxy) is 2. The number of amides is 1. The van der Waals surface area contributed by atoms with Gasteiger partial charge in [-0.1, -0.05) is 12.1 Å². The minimum absolute atomic E-state index is 0.0322. The van der Waals surface area contributed by atoms with Crippen LogP contribution in [0.4, 0.5) is 0 Å². The monoisotopic (exact) mass is 348 g/mol. The second-order valence-electron chi connectivity index (χ2n) is 5.65. The van der Waals surface area contributed by atoms with Gasteiger partial charge in [0, 0.05) is 11.4 Å². The van der Waals surface area contributed by atoms with Gasteiger partial charge in [-0.2, -0.15) is 0 Å². The number of hydrogen-bond acceptors (Lipinski definition) is 5. The Morgan fingerprint density at radius 2 is 1.96 bits per heavy atom. The van der Waals surface area contributed by atoms with Crippen molar-refractivity contribution in [1.29, 1.82) is 0 Å². The lowest BCUT2D eigenvalue weighted by molar-refractivity contribution is -0.120. The van der Waals surface area contributed by atoms with Gasteiger partial charge in [-0.3, -0.25) is 4.79 Å². The van der Waals surface area contributed by atoms with Crippen LogP contribution in [0.15, 0.2) is 35.7 Å². The summed E-state index contributed by atoms with van der Waals surface area (Å²) in [7, 11) is 7.22. The zero-order valence-corrected chi connectivity index (χ0v) is 15.4. The Bertz CT molecular complexity index is 656. The molecule has 0 aliphatic rings. The first-order valence-electron chi connectivity index (χ1n) is 7.72. The molecule has 0 aliphatic carbocycles. The van der Waals surface area contributed by atoms with E-state index in [1.54, 1.807) is 25.6 Å². The number of thiophene rings is 1. The van der Waals surface area contributed by atoms with Crippen LogP contribution >= 0.6 is 11.3 Å². The van der Waals surface area contributed by atoms with Crippen LogP contribution in [0.1, 0.15) is 16.5 Å². The molecule has 1 unspecified atom stereocenters. The van der Waals surface area contributed by atoms with Gasteiger partial charge in [-0.25, -0.2) is 0 Å². The smallest absolute Gasteiger partial charge is 0.225 e. The summed E-state index contributed by atoms with van der Waals surface area (Å²) in [6.07, 6.45) is 0.420. The van der Waals surface area contributed by atoms with E-state index in [0.29, 0.717) is 24.5 Å². The summed E-state index contributed by atoms with van der Waals surface area (Å²) in [5, 5.41) is 5.00. The lowest BCUT2D eigenvalue weighted by Gasteiger charge is -2.25. The molecule has 5 nitrogen and oxygen atoms in total. The Labute approximate surface area is 147 Å². The Balaban J connectivity index is 2.05. The second-order valence-corrected chi connectivity index (χ2v) is 6.69. The summed E-state index contributed by atoms with van der Waals surface area (Å²) in [6, 6.07) is 9.82. The number of methoxy groups -OCH3 is 2. The molecular weight excluding hydrogens is 324 g/mol. The molecule has 130 valence electrons. The molecule has 0 fully saturated rings. The largest absolute Gasteiger partial charge is 0.493 e. The first-order chi connectivity index (χ1) is 11.5. The molecule has 1 amide bonds. The van der Waals surface area contributed by atoms with Crippen molar-refractivity contribution >= 4 is 17.2 Å². The maximum Gasteiger partial charge on any atom is 0.225 e. The Hall–Kier alpha value is -2.05. The predicted octanol–water partition coefficient (Wildman–Crippen LogP) is 2.73. The average Bonchev–Trinajstić information content (AvgIpc) is 3.07. The van der Waals surface area contributed by atoms with Crippen LogP contribution in [0, 0.1) is 0 Å². The van der Waals surface area contributed by atoms with Crippen molar-refractivity contribution in [3.8, 4) is 11.5 Å². The maximum atomic E-state index is 12.1. The van der Waals surface area contributed by atoms with E-state index in [2.05, 4.69) is 10.2 Å². The second kappa shape index (κ2) is 8.70. The minimum atomic E-state index is 0.0322. The number of nitrogens with one attached hydrogen (secondary N) is 1. The molecule has 0 radical (unpaired) electrons. The summed E-state index contributed by atoms with van der Waals surface area (Å²) < 4.78 is 10.7. The van der Waals surface area contributed by atoms with Gasteiger partial charge in [-0.05, 0) is 43.2 Å². The molecule has 1 N–H and O–H groups in total. The fraction of sp³-hybridized carbons (Fsp3) is 0.389. The van der Waals surface area contributed by atoms with Crippen LogP contribution in [0.25, 0.3) is 0 Å². The Kier molecular flexibility index (Phi) is 6.63. The molecule has 1 aromatic heterocycles. The molecule has 0 bridgehead atoms. The number of hydrogen-bond donors (Lipinski definition) is 1. The van der Waals surface area contributed by atoms with Gasteiger partial charge in [0.25, 0.3) is 0 Å². The van der Waals surface area contributed by atoms with E-state index in [9.17, 15) is 4.79 Å². The van der Waals surface area contributed by atoms with Crippen molar-refractivity contribution in [2.24, 2.45) is 0 Å². The van der Waals surface area contributed by atoms with E-state index in [0.717, 1.165) is 10.4 Å². The van der Waals surface area contributed by atoms with E-state index in [4.69, 9.17) is 9.47 Å². The SMILES string of the molecule is COc1ccc(C(CNC(=O)Cc2cccs2)N(C)C)cc1OC. The molecule has 24 heavy (non-hydrogen) atoms. The molecule has 0 saturated heterocycles. The molecule has 0 aliphatic heterocycles. The maximum absolute atomic E-state index is 12.1. The molecule has 0 saturated carbocycles. The highest BCUT2D eigenvalue weighted by atomic mass is 32.1. The topological polar surface area (TPSA) is 50.8 Å². The first kappa shape index (κ1) is 18.3. The number of benzene rings is 1. The van der Waals surface area contributed by atoms with Crippen molar-refractivity contribution in [3.63, 3.8) is 0 Å². The van der Waals surface area contributed by atoms with Crippen LogP contribution < -0.4 is 14.8 Å². The van der Waals surface area contributed by atoms with Crippen molar-refractivity contribution in [1.82, 2.24) is 10.2 Å². The van der Waals surface area contributed by atoms with Crippen LogP contribution in [-0.2, 0) is 11.2 Å². The molecule has 6 heteroatoms. The van der Waals surface area contributed by atoms with Crippen molar-refractivity contribution in [2.45, 2.75) is 12.5 Å².